The fourth-order valence-corrected chi connectivity index (χ4v) is 5.56. The van der Waals surface area contributed by atoms with Gasteiger partial charge in [-0.2, -0.15) is 8.42 Å². The lowest BCUT2D eigenvalue weighted by molar-refractivity contribution is 0.469. The molecule has 1 N–H and O–H groups in total. The Morgan fingerprint density at radius 1 is 0.679 bits per heavy atom. The van der Waals surface area contributed by atoms with Gasteiger partial charge in [0.15, 0.2) is 0 Å². The van der Waals surface area contributed by atoms with E-state index in [9.17, 15) is 13.0 Å². The Morgan fingerprint density at radius 2 is 1.18 bits per heavy atom. The molecule has 4 aromatic carbocycles. The first-order valence-electron chi connectivity index (χ1n) is 9.49. The molecule has 3 nitrogen and oxygen atoms in total. The summed E-state index contributed by atoms with van der Waals surface area (Å²) in [6.45, 7) is 0. The van der Waals surface area contributed by atoms with Crippen molar-refractivity contribution >= 4 is 31.7 Å². The van der Waals surface area contributed by atoms with Crippen molar-refractivity contribution in [3.8, 4) is 0 Å². The molecule has 0 amide bonds. The maximum absolute atomic E-state index is 11.3. The molecule has 6 rings (SSSR count). The van der Waals surface area contributed by atoms with Crippen molar-refractivity contribution < 1.29 is 13.0 Å². The Bertz CT molecular complexity index is 1280. The summed E-state index contributed by atoms with van der Waals surface area (Å²) in [6, 6.07) is 24.6. The van der Waals surface area contributed by atoms with Gasteiger partial charge in [0, 0.05) is 0 Å². The summed E-state index contributed by atoms with van der Waals surface area (Å²) in [5, 5.41) is 4.13. The van der Waals surface area contributed by atoms with Crippen molar-refractivity contribution in [1.29, 1.82) is 0 Å². The molecular weight excluding hydrogens is 368 g/mol. The van der Waals surface area contributed by atoms with Crippen molar-refractivity contribution in [1.82, 2.24) is 0 Å². The Labute approximate surface area is 164 Å². The third-order valence-corrected chi connectivity index (χ3v) is 7.02. The van der Waals surface area contributed by atoms with Crippen LogP contribution in [-0.2, 0) is 29.4 Å². The first-order chi connectivity index (χ1) is 13.5. The largest absolute Gasteiger partial charge is 0.285 e. The quantitative estimate of drug-likeness (QED) is 0.452. The third-order valence-electron chi connectivity index (χ3n) is 5.88. The van der Waals surface area contributed by atoms with Gasteiger partial charge in [0.25, 0.3) is 10.1 Å². The van der Waals surface area contributed by atoms with Crippen LogP contribution in [0.25, 0.3) is 21.5 Å². The number of hydrogen-bond acceptors (Lipinski definition) is 2. The summed E-state index contributed by atoms with van der Waals surface area (Å²) in [7, 11) is -4.02. The van der Waals surface area contributed by atoms with Gasteiger partial charge < -0.3 is 0 Å². The Balaban J connectivity index is 0.000000127. The highest BCUT2D eigenvalue weighted by Crippen LogP contribution is 2.40. The second kappa shape index (κ2) is 6.43. The molecule has 0 bridgehead atoms. The van der Waals surface area contributed by atoms with Crippen molar-refractivity contribution in [2.24, 2.45) is 0 Å². The minimum Gasteiger partial charge on any atom is -0.285 e. The average Bonchev–Trinajstić information content (AvgIpc) is 3.28. The number of aryl methyl sites for hydroxylation is 2. The molecule has 0 aliphatic heterocycles. The van der Waals surface area contributed by atoms with Crippen molar-refractivity contribution in [2.75, 3.05) is 0 Å². The highest BCUT2D eigenvalue weighted by Gasteiger charge is 2.32. The van der Waals surface area contributed by atoms with Crippen LogP contribution in [0.2, 0.25) is 0 Å². The number of hydrogen-bond donors (Lipinski definition) is 1. The van der Waals surface area contributed by atoms with Gasteiger partial charge in [-0.15, -0.1) is 0 Å². The van der Waals surface area contributed by atoms with Gasteiger partial charge in [0.05, 0.1) is 0 Å². The van der Waals surface area contributed by atoms with Crippen molar-refractivity contribution in [3.05, 3.63) is 95.1 Å². The highest BCUT2D eigenvalue weighted by molar-refractivity contribution is 7.86. The monoisotopic (exact) mass is 388 g/mol. The van der Waals surface area contributed by atoms with E-state index in [1.165, 1.54) is 34.7 Å². The van der Waals surface area contributed by atoms with Gasteiger partial charge in [-0.1, -0.05) is 72.8 Å². The topological polar surface area (TPSA) is 54.4 Å². The van der Waals surface area contributed by atoms with Crippen LogP contribution in [-0.4, -0.2) is 13.0 Å². The van der Waals surface area contributed by atoms with Crippen LogP contribution in [0, 0.1) is 0 Å². The van der Waals surface area contributed by atoms with E-state index in [-0.39, 0.29) is 0 Å². The Hall–Kier alpha value is -2.69. The molecule has 28 heavy (non-hydrogen) atoms. The average molecular weight is 388 g/mol. The zero-order valence-corrected chi connectivity index (χ0v) is 16.1. The van der Waals surface area contributed by atoms with Crippen LogP contribution in [0.1, 0.15) is 27.5 Å². The molecule has 0 radical (unpaired) electrons. The van der Waals surface area contributed by atoms with Crippen LogP contribution in [0.4, 0.5) is 0 Å². The SMILES string of the molecule is O=S(=O)(O)C1Cc2cccc3cccc1c23.c1cc2c3c(cccc3c1)CC2. The van der Waals surface area contributed by atoms with Gasteiger partial charge in [0.2, 0.25) is 0 Å². The predicted molar refractivity (Wildman–Crippen MR) is 113 cm³/mol. The van der Waals surface area contributed by atoms with Gasteiger partial charge >= 0.3 is 0 Å². The van der Waals surface area contributed by atoms with E-state index in [1.54, 1.807) is 6.07 Å². The fraction of sp³-hybridized carbons (Fsp3) is 0.167. The minimum atomic E-state index is -4.02. The standard InChI is InChI=1S/C12H10O3S.C12H10/c13-16(14,15)11-7-9-5-1-3-8-4-2-6-10(11)12(8)9;1-3-9-4-2-6-11-8-7-10(5-1)12(9)11/h1-6,11H,7H2,(H,13,14,15);1-6H,7-8H2. The summed E-state index contributed by atoms with van der Waals surface area (Å²) >= 11 is 0. The summed E-state index contributed by atoms with van der Waals surface area (Å²) in [5.74, 6) is 0. The third kappa shape index (κ3) is 2.81. The molecule has 2 aliphatic carbocycles. The number of rotatable bonds is 1. The summed E-state index contributed by atoms with van der Waals surface area (Å²) in [4.78, 5) is 0. The van der Waals surface area contributed by atoms with Crippen molar-refractivity contribution in [2.45, 2.75) is 24.5 Å². The molecule has 140 valence electrons. The first kappa shape index (κ1) is 17.4. The zero-order valence-electron chi connectivity index (χ0n) is 15.3. The second-order valence-corrected chi connectivity index (χ2v) is 9.10. The molecule has 0 spiro atoms. The lowest BCUT2D eigenvalue weighted by Crippen LogP contribution is -2.10. The van der Waals surface area contributed by atoms with E-state index in [0.29, 0.717) is 6.42 Å². The van der Waals surface area contributed by atoms with Gasteiger partial charge in [0.1, 0.15) is 5.25 Å². The van der Waals surface area contributed by atoms with Gasteiger partial charge in [-0.05, 0) is 63.1 Å². The van der Waals surface area contributed by atoms with E-state index < -0.39 is 15.4 Å². The van der Waals surface area contributed by atoms with E-state index in [4.69, 9.17) is 0 Å². The molecule has 2 aliphatic rings. The van der Waals surface area contributed by atoms with Crippen LogP contribution >= 0.6 is 0 Å². The van der Waals surface area contributed by atoms with Crippen LogP contribution < -0.4 is 0 Å². The summed E-state index contributed by atoms with van der Waals surface area (Å²) in [5.41, 5.74) is 4.78. The maximum atomic E-state index is 11.3. The zero-order chi connectivity index (χ0) is 19.3. The molecule has 0 fully saturated rings. The molecule has 1 unspecified atom stereocenters. The molecular formula is C24H20O3S. The Kier molecular flexibility index (Phi) is 4.00. The lowest BCUT2D eigenvalue weighted by atomic mass is 10.1. The number of benzene rings is 4. The fourth-order valence-electron chi connectivity index (χ4n) is 4.65. The molecule has 0 saturated carbocycles. The molecule has 0 heterocycles. The summed E-state index contributed by atoms with van der Waals surface area (Å²) in [6.07, 6.45) is 2.84. The van der Waals surface area contributed by atoms with Crippen LogP contribution in [0.15, 0.2) is 72.8 Å². The molecule has 4 aromatic rings. The molecule has 1 atom stereocenters. The first-order valence-corrected chi connectivity index (χ1v) is 11.0. The van der Waals surface area contributed by atoms with Crippen molar-refractivity contribution in [3.63, 3.8) is 0 Å². The van der Waals surface area contributed by atoms with E-state index >= 15 is 0 Å². The second-order valence-electron chi connectivity index (χ2n) is 7.50. The minimum absolute atomic E-state index is 0.371. The Morgan fingerprint density at radius 3 is 1.75 bits per heavy atom. The van der Waals surface area contributed by atoms with Gasteiger partial charge in [-0.3, -0.25) is 4.55 Å². The summed E-state index contributed by atoms with van der Waals surface area (Å²) < 4.78 is 31.8. The van der Waals surface area contributed by atoms with Gasteiger partial charge in [-0.25, -0.2) is 0 Å². The smallest absolute Gasteiger partial charge is 0.272 e. The molecule has 4 heteroatoms. The molecule has 0 saturated heterocycles. The predicted octanol–water partition coefficient (Wildman–Crippen LogP) is 5.26. The van der Waals surface area contributed by atoms with E-state index in [1.807, 2.05) is 30.3 Å². The normalized spacial score (nSPS) is 17.0. The molecule has 0 aromatic heterocycles. The maximum Gasteiger partial charge on any atom is 0.272 e. The van der Waals surface area contributed by atoms with Crippen LogP contribution in [0.3, 0.4) is 0 Å². The van der Waals surface area contributed by atoms with Crippen LogP contribution in [0.5, 0.6) is 0 Å². The highest BCUT2D eigenvalue weighted by atomic mass is 32.2. The lowest BCUT2D eigenvalue weighted by Gasteiger charge is -2.06. The van der Waals surface area contributed by atoms with E-state index in [2.05, 4.69) is 36.4 Å². The van der Waals surface area contributed by atoms with E-state index in [0.717, 1.165) is 21.9 Å².